The van der Waals surface area contributed by atoms with E-state index >= 15 is 0 Å². The summed E-state index contributed by atoms with van der Waals surface area (Å²) in [6.45, 7) is 1.60. The molecule has 52 valence electrons. The number of hydrogen-bond acceptors (Lipinski definition) is 2. The lowest BCUT2D eigenvalue weighted by Crippen LogP contribution is -2.48. The molecule has 2 heterocycles. The predicted molar refractivity (Wildman–Crippen MR) is 35.2 cm³/mol. The minimum atomic E-state index is 0.372. The molecule has 0 aromatic heterocycles. The standard InChI is InChI=1S/C7H13NO/c9-5-7-2-1-6-3-4-8(6)7/h6-7,9H,1-5H2. The van der Waals surface area contributed by atoms with E-state index in [0.29, 0.717) is 12.6 Å². The third kappa shape index (κ3) is 0.700. The zero-order chi connectivity index (χ0) is 6.27. The molecule has 2 aliphatic rings. The Balaban J connectivity index is 1.97. The maximum atomic E-state index is 8.85. The fraction of sp³-hybridized carbons (Fsp3) is 1.00. The minimum Gasteiger partial charge on any atom is -0.395 e. The van der Waals surface area contributed by atoms with E-state index in [1.54, 1.807) is 0 Å². The predicted octanol–water partition coefficient (Wildman–Crippen LogP) is 0.215. The second-order valence-electron chi connectivity index (χ2n) is 3.09. The molecule has 2 saturated heterocycles. The van der Waals surface area contributed by atoms with Crippen LogP contribution in [0.4, 0.5) is 0 Å². The number of hydrogen-bond donors (Lipinski definition) is 1. The highest BCUT2D eigenvalue weighted by atomic mass is 16.3. The summed E-state index contributed by atoms with van der Waals surface area (Å²) >= 11 is 0. The first-order chi connectivity index (χ1) is 4.42. The molecule has 0 spiro atoms. The molecule has 2 nitrogen and oxygen atoms in total. The highest BCUT2D eigenvalue weighted by molar-refractivity contribution is 4.94. The molecular weight excluding hydrogens is 114 g/mol. The van der Waals surface area contributed by atoms with Gasteiger partial charge in [0.1, 0.15) is 0 Å². The third-order valence-corrected chi connectivity index (χ3v) is 2.70. The molecular formula is C7H13NO. The number of nitrogens with zero attached hydrogens (tertiary/aromatic N) is 1. The SMILES string of the molecule is OCC1CCC2CCN12. The molecule has 2 heteroatoms. The van der Waals surface area contributed by atoms with Crippen LogP contribution < -0.4 is 0 Å². The number of rotatable bonds is 1. The van der Waals surface area contributed by atoms with Crippen molar-refractivity contribution in [2.75, 3.05) is 13.2 Å². The maximum Gasteiger partial charge on any atom is 0.0586 e. The molecule has 1 N–H and O–H groups in total. The first kappa shape index (κ1) is 5.69. The molecule has 0 aliphatic carbocycles. The topological polar surface area (TPSA) is 23.5 Å². The van der Waals surface area contributed by atoms with Crippen molar-refractivity contribution in [3.8, 4) is 0 Å². The Hall–Kier alpha value is -0.0800. The normalized spacial score (nSPS) is 42.3. The van der Waals surface area contributed by atoms with E-state index in [0.717, 1.165) is 6.04 Å². The lowest BCUT2D eigenvalue weighted by Gasteiger charge is -2.38. The van der Waals surface area contributed by atoms with Gasteiger partial charge in [0.05, 0.1) is 6.61 Å². The van der Waals surface area contributed by atoms with Crippen molar-refractivity contribution in [1.82, 2.24) is 4.90 Å². The van der Waals surface area contributed by atoms with Crippen LogP contribution >= 0.6 is 0 Å². The summed E-state index contributed by atoms with van der Waals surface area (Å²) in [7, 11) is 0. The number of aliphatic hydroxyl groups excluding tert-OH is 1. The summed E-state index contributed by atoms with van der Waals surface area (Å²) < 4.78 is 0. The highest BCUT2D eigenvalue weighted by Gasteiger charge is 2.38. The smallest absolute Gasteiger partial charge is 0.0586 e. The van der Waals surface area contributed by atoms with Crippen LogP contribution in [0.2, 0.25) is 0 Å². The van der Waals surface area contributed by atoms with Gasteiger partial charge in [0, 0.05) is 18.6 Å². The molecule has 0 radical (unpaired) electrons. The van der Waals surface area contributed by atoms with Crippen LogP contribution in [-0.4, -0.2) is 35.2 Å². The Morgan fingerprint density at radius 2 is 2.22 bits per heavy atom. The Kier molecular flexibility index (Phi) is 1.24. The van der Waals surface area contributed by atoms with Crippen molar-refractivity contribution in [1.29, 1.82) is 0 Å². The average molecular weight is 127 g/mol. The largest absolute Gasteiger partial charge is 0.395 e. The molecule has 0 bridgehead atoms. The number of aliphatic hydroxyl groups is 1. The van der Waals surface area contributed by atoms with Crippen molar-refractivity contribution >= 4 is 0 Å². The van der Waals surface area contributed by atoms with Crippen molar-refractivity contribution in [2.45, 2.75) is 31.3 Å². The molecule has 2 fully saturated rings. The molecule has 0 amide bonds. The zero-order valence-corrected chi connectivity index (χ0v) is 5.58. The van der Waals surface area contributed by atoms with Crippen LogP contribution in [0.15, 0.2) is 0 Å². The van der Waals surface area contributed by atoms with Gasteiger partial charge in [-0.25, -0.2) is 0 Å². The summed E-state index contributed by atoms with van der Waals surface area (Å²) in [4.78, 5) is 2.43. The van der Waals surface area contributed by atoms with Gasteiger partial charge in [-0.15, -0.1) is 0 Å². The molecule has 0 aromatic rings. The van der Waals surface area contributed by atoms with Crippen molar-refractivity contribution in [3.63, 3.8) is 0 Å². The molecule has 9 heavy (non-hydrogen) atoms. The molecule has 2 unspecified atom stereocenters. The number of fused-ring (bicyclic) bond motifs is 1. The second kappa shape index (κ2) is 1.96. The van der Waals surface area contributed by atoms with E-state index in [9.17, 15) is 0 Å². The van der Waals surface area contributed by atoms with Gasteiger partial charge in [0.2, 0.25) is 0 Å². The fourth-order valence-electron chi connectivity index (χ4n) is 2.00. The van der Waals surface area contributed by atoms with Crippen LogP contribution in [0.3, 0.4) is 0 Å². The van der Waals surface area contributed by atoms with Crippen molar-refractivity contribution in [2.24, 2.45) is 0 Å². The summed E-state index contributed by atoms with van der Waals surface area (Å²) in [5.41, 5.74) is 0. The summed E-state index contributed by atoms with van der Waals surface area (Å²) in [5, 5.41) is 8.85. The molecule has 2 aliphatic heterocycles. The van der Waals surface area contributed by atoms with Gasteiger partial charge in [-0.3, -0.25) is 4.90 Å². The average Bonchev–Trinajstić information content (AvgIpc) is 2.07. The van der Waals surface area contributed by atoms with E-state index < -0.39 is 0 Å². The fourth-order valence-corrected chi connectivity index (χ4v) is 2.00. The van der Waals surface area contributed by atoms with Gasteiger partial charge in [-0.1, -0.05) is 0 Å². The molecule has 2 atom stereocenters. The van der Waals surface area contributed by atoms with E-state index in [-0.39, 0.29) is 0 Å². The quantitative estimate of drug-likeness (QED) is 0.544. The summed E-state index contributed by atoms with van der Waals surface area (Å²) in [5.74, 6) is 0. The lowest BCUT2D eigenvalue weighted by atomic mass is 10.1. The lowest BCUT2D eigenvalue weighted by molar-refractivity contribution is 0.0629. The first-order valence-corrected chi connectivity index (χ1v) is 3.78. The van der Waals surface area contributed by atoms with Gasteiger partial charge in [0.15, 0.2) is 0 Å². The van der Waals surface area contributed by atoms with Gasteiger partial charge in [-0.2, -0.15) is 0 Å². The van der Waals surface area contributed by atoms with E-state index in [1.165, 1.54) is 25.8 Å². The minimum absolute atomic E-state index is 0.372. The Morgan fingerprint density at radius 3 is 2.56 bits per heavy atom. The van der Waals surface area contributed by atoms with Gasteiger partial charge < -0.3 is 5.11 Å². The molecule has 0 saturated carbocycles. The van der Waals surface area contributed by atoms with Crippen LogP contribution in [0, 0.1) is 0 Å². The van der Waals surface area contributed by atoms with E-state index in [1.807, 2.05) is 0 Å². The van der Waals surface area contributed by atoms with Gasteiger partial charge >= 0.3 is 0 Å². The van der Waals surface area contributed by atoms with Crippen LogP contribution in [0.1, 0.15) is 19.3 Å². The molecule has 2 rings (SSSR count). The van der Waals surface area contributed by atoms with Crippen LogP contribution in [0.5, 0.6) is 0 Å². The van der Waals surface area contributed by atoms with Crippen LogP contribution in [-0.2, 0) is 0 Å². The maximum absolute atomic E-state index is 8.85. The van der Waals surface area contributed by atoms with Gasteiger partial charge in [0.25, 0.3) is 0 Å². The molecule has 0 aromatic carbocycles. The Labute approximate surface area is 55.5 Å². The van der Waals surface area contributed by atoms with Gasteiger partial charge in [-0.05, 0) is 19.3 Å². The van der Waals surface area contributed by atoms with Crippen molar-refractivity contribution in [3.05, 3.63) is 0 Å². The Morgan fingerprint density at radius 1 is 1.33 bits per heavy atom. The second-order valence-corrected chi connectivity index (χ2v) is 3.09. The van der Waals surface area contributed by atoms with Crippen molar-refractivity contribution < 1.29 is 5.11 Å². The monoisotopic (exact) mass is 127 g/mol. The zero-order valence-electron chi connectivity index (χ0n) is 5.58. The third-order valence-electron chi connectivity index (χ3n) is 2.70. The van der Waals surface area contributed by atoms with E-state index in [4.69, 9.17) is 5.11 Å². The summed E-state index contributed by atoms with van der Waals surface area (Å²) in [6.07, 6.45) is 3.92. The van der Waals surface area contributed by atoms with E-state index in [2.05, 4.69) is 4.90 Å². The highest BCUT2D eigenvalue weighted by Crippen LogP contribution is 2.33. The van der Waals surface area contributed by atoms with Crippen LogP contribution in [0.25, 0.3) is 0 Å². The summed E-state index contributed by atoms with van der Waals surface area (Å²) in [6, 6.07) is 1.37. The Bertz CT molecular complexity index is 113. The first-order valence-electron chi connectivity index (χ1n) is 3.78.